The van der Waals surface area contributed by atoms with Gasteiger partial charge in [-0.05, 0) is 37.1 Å². The van der Waals surface area contributed by atoms with Gasteiger partial charge in [-0.1, -0.05) is 0 Å². The number of nitrogens with zero attached hydrogens (tertiary/aromatic N) is 3. The number of aromatic nitrogens is 3. The number of nitrogens with one attached hydrogen (secondary N) is 2. The Kier molecular flexibility index (Phi) is 4.09. The topological polar surface area (TPSA) is 136 Å². The van der Waals surface area contributed by atoms with Crippen molar-refractivity contribution in [2.45, 2.75) is 12.8 Å². The molecule has 0 bridgehead atoms. The summed E-state index contributed by atoms with van der Waals surface area (Å²) in [5.74, 6) is 0.969. The normalized spacial score (nSPS) is 13.5. The van der Waals surface area contributed by atoms with Crippen molar-refractivity contribution < 1.29 is 14.0 Å². The highest BCUT2D eigenvalue weighted by Gasteiger charge is 2.30. The van der Waals surface area contributed by atoms with Gasteiger partial charge in [0.1, 0.15) is 17.2 Å². The first-order chi connectivity index (χ1) is 14.5. The van der Waals surface area contributed by atoms with Crippen LogP contribution >= 0.6 is 0 Å². The molecule has 9 heteroatoms. The van der Waals surface area contributed by atoms with Gasteiger partial charge in [-0.15, -0.1) is 0 Å². The van der Waals surface area contributed by atoms with Gasteiger partial charge in [0.25, 0.3) is 0 Å². The van der Waals surface area contributed by atoms with Crippen molar-refractivity contribution in [1.82, 2.24) is 15.0 Å². The van der Waals surface area contributed by atoms with E-state index in [2.05, 4.69) is 25.6 Å². The first kappa shape index (κ1) is 18.0. The van der Waals surface area contributed by atoms with E-state index in [0.717, 1.165) is 23.6 Å². The molecular formula is C21H18N6O3. The predicted molar refractivity (Wildman–Crippen MR) is 112 cm³/mol. The molecular weight excluding hydrogens is 384 g/mol. The number of anilines is 2. The Morgan fingerprint density at radius 1 is 1.13 bits per heavy atom. The number of hydrogen-bond acceptors (Lipinski definition) is 7. The number of pyridine rings is 2. The third-order valence-electron chi connectivity index (χ3n) is 5.11. The lowest BCUT2D eigenvalue weighted by molar-refractivity contribution is -0.117. The van der Waals surface area contributed by atoms with E-state index in [4.69, 9.17) is 10.2 Å². The molecule has 1 aliphatic carbocycles. The minimum absolute atomic E-state index is 0.0212. The summed E-state index contributed by atoms with van der Waals surface area (Å²) in [4.78, 5) is 36.9. The Labute approximate surface area is 170 Å². The van der Waals surface area contributed by atoms with Crippen LogP contribution in [0.2, 0.25) is 0 Å². The molecule has 150 valence electrons. The molecule has 0 saturated heterocycles. The van der Waals surface area contributed by atoms with E-state index in [-0.39, 0.29) is 11.8 Å². The Balaban J connectivity index is 1.64. The van der Waals surface area contributed by atoms with Crippen LogP contribution in [0.4, 0.5) is 11.6 Å². The van der Waals surface area contributed by atoms with Crippen LogP contribution in [0.5, 0.6) is 0 Å². The van der Waals surface area contributed by atoms with E-state index in [1.807, 2.05) is 0 Å². The van der Waals surface area contributed by atoms with Crippen LogP contribution in [0.3, 0.4) is 0 Å². The van der Waals surface area contributed by atoms with Crippen molar-refractivity contribution in [3.8, 4) is 11.5 Å². The Morgan fingerprint density at radius 3 is 2.70 bits per heavy atom. The molecule has 2 amide bonds. The minimum atomic E-state index is -0.533. The maximum absolute atomic E-state index is 12.1. The molecule has 4 N–H and O–H groups in total. The molecule has 3 aromatic heterocycles. The number of fused-ring (bicyclic) bond motifs is 2. The Hall–Kier alpha value is -4.01. The number of carbonyl (C=O) groups is 2. The fourth-order valence-corrected chi connectivity index (χ4v) is 3.34. The summed E-state index contributed by atoms with van der Waals surface area (Å²) in [7, 11) is 1.77. The van der Waals surface area contributed by atoms with E-state index < -0.39 is 5.91 Å². The highest BCUT2D eigenvalue weighted by molar-refractivity contribution is 6.03. The summed E-state index contributed by atoms with van der Waals surface area (Å²) in [5, 5.41) is 7.45. The lowest BCUT2D eigenvalue weighted by Crippen LogP contribution is -2.14. The quantitative estimate of drug-likeness (QED) is 0.467. The predicted octanol–water partition coefficient (Wildman–Crippen LogP) is 2.93. The maximum Gasteiger partial charge on any atom is 0.248 e. The van der Waals surface area contributed by atoms with Crippen molar-refractivity contribution in [3.63, 3.8) is 0 Å². The number of hydrogen-bond donors (Lipinski definition) is 3. The number of amides is 2. The van der Waals surface area contributed by atoms with Gasteiger partial charge in [0, 0.05) is 41.7 Å². The SMILES string of the molecule is CNc1ncc(-c2nc3cc(C(N)=O)ccc3o2)c2cc(NC(=O)C3CC3)ncc12. The van der Waals surface area contributed by atoms with Crippen molar-refractivity contribution in [3.05, 3.63) is 42.2 Å². The van der Waals surface area contributed by atoms with Crippen LogP contribution in [-0.4, -0.2) is 33.8 Å². The Morgan fingerprint density at radius 2 is 1.97 bits per heavy atom. The second-order valence-electron chi connectivity index (χ2n) is 7.21. The van der Waals surface area contributed by atoms with Crippen LogP contribution < -0.4 is 16.4 Å². The molecule has 1 aliphatic rings. The maximum atomic E-state index is 12.1. The highest BCUT2D eigenvalue weighted by atomic mass is 16.3. The molecule has 3 heterocycles. The molecule has 5 rings (SSSR count). The average Bonchev–Trinajstić information content (AvgIpc) is 3.51. The molecule has 1 fully saturated rings. The van der Waals surface area contributed by atoms with Crippen molar-refractivity contribution in [2.24, 2.45) is 11.7 Å². The lowest BCUT2D eigenvalue weighted by atomic mass is 10.1. The molecule has 1 saturated carbocycles. The third-order valence-corrected chi connectivity index (χ3v) is 5.11. The number of rotatable bonds is 5. The number of benzene rings is 1. The van der Waals surface area contributed by atoms with E-state index in [1.54, 1.807) is 43.7 Å². The molecule has 0 spiro atoms. The number of oxazole rings is 1. The standard InChI is InChI=1S/C21H18N6O3/c1-23-19-13-8-24-17(27-20(29)10-2-3-10)7-12(13)14(9-25-19)21-26-15-6-11(18(22)28)4-5-16(15)30-21/h4-10H,2-3H2,1H3,(H2,22,28)(H,23,25)(H,24,27,29). The summed E-state index contributed by atoms with van der Waals surface area (Å²) in [6.45, 7) is 0. The van der Waals surface area contributed by atoms with Gasteiger partial charge in [0.15, 0.2) is 5.58 Å². The monoisotopic (exact) mass is 402 g/mol. The van der Waals surface area contributed by atoms with E-state index in [0.29, 0.717) is 39.8 Å². The van der Waals surface area contributed by atoms with Crippen LogP contribution in [0.15, 0.2) is 41.1 Å². The number of carbonyl (C=O) groups excluding carboxylic acids is 2. The summed E-state index contributed by atoms with van der Waals surface area (Å²) in [5.41, 5.74) is 7.39. The molecule has 9 nitrogen and oxygen atoms in total. The zero-order valence-corrected chi connectivity index (χ0v) is 16.1. The molecule has 0 unspecified atom stereocenters. The zero-order chi connectivity index (χ0) is 20.8. The van der Waals surface area contributed by atoms with E-state index >= 15 is 0 Å². The average molecular weight is 402 g/mol. The second kappa shape index (κ2) is 6.80. The molecule has 30 heavy (non-hydrogen) atoms. The van der Waals surface area contributed by atoms with E-state index in [1.165, 1.54) is 0 Å². The molecule has 4 aromatic rings. The van der Waals surface area contributed by atoms with Crippen molar-refractivity contribution in [1.29, 1.82) is 0 Å². The summed E-state index contributed by atoms with van der Waals surface area (Å²) in [6.07, 6.45) is 5.14. The highest BCUT2D eigenvalue weighted by Crippen LogP contribution is 2.35. The first-order valence-electron chi connectivity index (χ1n) is 9.51. The van der Waals surface area contributed by atoms with E-state index in [9.17, 15) is 9.59 Å². The Bertz CT molecular complexity index is 1330. The number of nitrogens with two attached hydrogens (primary N) is 1. The van der Waals surface area contributed by atoms with Crippen LogP contribution in [0.25, 0.3) is 33.3 Å². The first-order valence-corrected chi connectivity index (χ1v) is 9.51. The summed E-state index contributed by atoms with van der Waals surface area (Å²) < 4.78 is 5.91. The fraction of sp³-hybridized carbons (Fsp3) is 0.190. The van der Waals surface area contributed by atoms with Gasteiger partial charge in [-0.25, -0.2) is 15.0 Å². The lowest BCUT2D eigenvalue weighted by Gasteiger charge is -2.10. The van der Waals surface area contributed by atoms with Crippen LogP contribution in [0.1, 0.15) is 23.2 Å². The number of primary amides is 1. The summed E-state index contributed by atoms with van der Waals surface area (Å²) >= 11 is 0. The van der Waals surface area contributed by atoms with Crippen molar-refractivity contribution >= 4 is 45.3 Å². The third kappa shape index (κ3) is 3.10. The molecule has 0 atom stereocenters. The summed E-state index contributed by atoms with van der Waals surface area (Å²) in [6, 6.07) is 6.63. The van der Waals surface area contributed by atoms with Crippen LogP contribution in [0, 0.1) is 5.92 Å². The van der Waals surface area contributed by atoms with Crippen LogP contribution in [-0.2, 0) is 4.79 Å². The second-order valence-corrected chi connectivity index (χ2v) is 7.21. The molecule has 0 aliphatic heterocycles. The smallest absolute Gasteiger partial charge is 0.248 e. The molecule has 0 radical (unpaired) electrons. The minimum Gasteiger partial charge on any atom is -0.436 e. The zero-order valence-electron chi connectivity index (χ0n) is 16.1. The van der Waals surface area contributed by atoms with Gasteiger partial charge >= 0.3 is 0 Å². The largest absolute Gasteiger partial charge is 0.436 e. The van der Waals surface area contributed by atoms with Gasteiger partial charge < -0.3 is 20.8 Å². The van der Waals surface area contributed by atoms with Gasteiger partial charge in [-0.3, -0.25) is 9.59 Å². The fourth-order valence-electron chi connectivity index (χ4n) is 3.34. The van der Waals surface area contributed by atoms with Crippen molar-refractivity contribution in [2.75, 3.05) is 17.7 Å². The molecule has 1 aromatic carbocycles. The van der Waals surface area contributed by atoms with Gasteiger partial charge in [-0.2, -0.15) is 0 Å². The van der Waals surface area contributed by atoms with Gasteiger partial charge in [0.2, 0.25) is 17.7 Å². The van der Waals surface area contributed by atoms with Gasteiger partial charge in [0.05, 0.1) is 5.56 Å².